The zero-order valence-electron chi connectivity index (χ0n) is 10.1. The van der Waals surface area contributed by atoms with Gasteiger partial charge in [-0.25, -0.2) is 14.4 Å². The fourth-order valence-electron chi connectivity index (χ4n) is 2.27. The molecule has 5 heteroatoms. The molecule has 0 saturated carbocycles. The van der Waals surface area contributed by atoms with Crippen molar-refractivity contribution in [3.8, 4) is 0 Å². The Bertz CT molecular complexity index is 386. The van der Waals surface area contributed by atoms with Crippen molar-refractivity contribution in [2.45, 2.75) is 26.2 Å². The first-order chi connectivity index (χ1) is 8.26. The van der Waals surface area contributed by atoms with Gasteiger partial charge in [-0.3, -0.25) is 0 Å². The van der Waals surface area contributed by atoms with Gasteiger partial charge in [0.1, 0.15) is 6.33 Å². The van der Waals surface area contributed by atoms with Crippen LogP contribution >= 0.6 is 0 Å². The van der Waals surface area contributed by atoms with Gasteiger partial charge in [0.05, 0.1) is 5.69 Å². The summed E-state index contributed by atoms with van der Waals surface area (Å²) in [7, 11) is 0. The van der Waals surface area contributed by atoms with E-state index in [2.05, 4.69) is 9.97 Å². The van der Waals surface area contributed by atoms with Crippen LogP contribution in [0.2, 0.25) is 0 Å². The average Bonchev–Trinajstić information content (AvgIpc) is 2.39. The lowest BCUT2D eigenvalue weighted by Crippen LogP contribution is -2.38. The van der Waals surface area contributed by atoms with Gasteiger partial charge in [0.15, 0.2) is 11.6 Å². The number of anilines is 1. The Kier molecular flexibility index (Phi) is 3.89. The molecule has 1 unspecified atom stereocenters. The maximum atomic E-state index is 14.1. The molecule has 2 heterocycles. The van der Waals surface area contributed by atoms with Crippen LogP contribution in [-0.4, -0.2) is 34.8 Å². The third-order valence-electron chi connectivity index (χ3n) is 3.25. The van der Waals surface area contributed by atoms with E-state index < -0.39 is 0 Å². The van der Waals surface area contributed by atoms with Crippen LogP contribution in [0.3, 0.4) is 0 Å². The van der Waals surface area contributed by atoms with Gasteiger partial charge in [-0.1, -0.05) is 6.92 Å². The molecule has 1 aliphatic heterocycles. The van der Waals surface area contributed by atoms with Gasteiger partial charge in [-0.15, -0.1) is 0 Å². The van der Waals surface area contributed by atoms with E-state index in [-0.39, 0.29) is 18.3 Å². The van der Waals surface area contributed by atoms with Crippen molar-refractivity contribution < 1.29 is 9.50 Å². The molecule has 94 valence electrons. The lowest BCUT2D eigenvalue weighted by molar-refractivity contribution is 0.208. The molecule has 4 nitrogen and oxygen atoms in total. The number of aliphatic hydroxyl groups excluding tert-OH is 1. The highest BCUT2D eigenvalue weighted by molar-refractivity contribution is 5.41. The van der Waals surface area contributed by atoms with E-state index in [9.17, 15) is 9.50 Å². The average molecular weight is 239 g/mol. The number of hydrogen-bond acceptors (Lipinski definition) is 4. The van der Waals surface area contributed by atoms with Crippen LogP contribution in [0.15, 0.2) is 6.33 Å². The summed E-state index contributed by atoms with van der Waals surface area (Å²) >= 11 is 0. The van der Waals surface area contributed by atoms with Gasteiger partial charge >= 0.3 is 0 Å². The summed E-state index contributed by atoms with van der Waals surface area (Å²) in [6.07, 6.45) is 3.95. The molecule has 0 bridgehead atoms. The molecule has 1 aromatic rings. The first-order valence-electron chi connectivity index (χ1n) is 6.11. The highest BCUT2D eigenvalue weighted by atomic mass is 19.1. The normalized spacial score (nSPS) is 20.6. The molecular weight excluding hydrogens is 221 g/mol. The van der Waals surface area contributed by atoms with Crippen LogP contribution in [0.25, 0.3) is 0 Å². The minimum absolute atomic E-state index is 0.157. The number of halogens is 1. The van der Waals surface area contributed by atoms with Crippen molar-refractivity contribution in [1.82, 2.24) is 9.97 Å². The molecule has 1 atom stereocenters. The Morgan fingerprint density at radius 2 is 2.35 bits per heavy atom. The fourth-order valence-corrected chi connectivity index (χ4v) is 2.27. The summed E-state index contributed by atoms with van der Waals surface area (Å²) in [5.41, 5.74) is 0.459. The number of rotatable bonds is 3. The second-order valence-corrected chi connectivity index (χ2v) is 4.45. The third-order valence-corrected chi connectivity index (χ3v) is 3.25. The van der Waals surface area contributed by atoms with Crippen LogP contribution in [0.5, 0.6) is 0 Å². The molecule has 0 amide bonds. The standard InChI is InChI=1S/C12H18FN3O/c1-2-10-11(13)12(15-8-14-10)16-5-3-4-9(6-16)7-17/h8-9,17H,2-7H2,1H3. The highest BCUT2D eigenvalue weighted by Crippen LogP contribution is 2.24. The minimum Gasteiger partial charge on any atom is -0.396 e. The summed E-state index contributed by atoms with van der Waals surface area (Å²) in [5.74, 6) is 0.298. The summed E-state index contributed by atoms with van der Waals surface area (Å²) in [6, 6.07) is 0. The number of aliphatic hydroxyl groups is 1. The molecule has 0 aliphatic carbocycles. The number of hydrogen-bond donors (Lipinski definition) is 1. The van der Waals surface area contributed by atoms with Crippen LogP contribution in [-0.2, 0) is 6.42 Å². The summed E-state index contributed by atoms with van der Waals surface area (Å²) in [4.78, 5) is 9.88. The van der Waals surface area contributed by atoms with E-state index in [1.807, 2.05) is 11.8 Å². The van der Waals surface area contributed by atoms with Crippen molar-refractivity contribution >= 4 is 5.82 Å². The Balaban J connectivity index is 2.21. The molecule has 1 saturated heterocycles. The Morgan fingerprint density at radius 1 is 1.53 bits per heavy atom. The van der Waals surface area contributed by atoms with E-state index in [1.54, 1.807) is 0 Å². The Labute approximate surface area is 101 Å². The molecule has 2 rings (SSSR count). The lowest BCUT2D eigenvalue weighted by Gasteiger charge is -2.32. The number of aryl methyl sites for hydroxylation is 1. The highest BCUT2D eigenvalue weighted by Gasteiger charge is 2.23. The monoisotopic (exact) mass is 239 g/mol. The summed E-state index contributed by atoms with van der Waals surface area (Å²) in [6.45, 7) is 3.51. The fraction of sp³-hybridized carbons (Fsp3) is 0.667. The zero-order valence-corrected chi connectivity index (χ0v) is 10.1. The maximum absolute atomic E-state index is 14.1. The van der Waals surface area contributed by atoms with Crippen molar-refractivity contribution in [1.29, 1.82) is 0 Å². The first kappa shape index (κ1) is 12.2. The SMILES string of the molecule is CCc1ncnc(N2CCCC(CO)C2)c1F. The topological polar surface area (TPSA) is 49.2 Å². The minimum atomic E-state index is -0.311. The molecule has 0 radical (unpaired) electrons. The van der Waals surface area contributed by atoms with Gasteiger partial charge in [0.25, 0.3) is 0 Å². The zero-order chi connectivity index (χ0) is 12.3. The molecule has 1 aromatic heterocycles. The third kappa shape index (κ3) is 2.54. The van der Waals surface area contributed by atoms with Crippen LogP contribution in [0.4, 0.5) is 10.2 Å². The van der Waals surface area contributed by atoms with E-state index in [0.29, 0.717) is 24.5 Å². The Morgan fingerprint density at radius 3 is 3.06 bits per heavy atom. The summed E-state index contributed by atoms with van der Waals surface area (Å²) in [5, 5.41) is 9.17. The van der Waals surface area contributed by atoms with E-state index in [0.717, 1.165) is 19.4 Å². The van der Waals surface area contributed by atoms with Crippen LogP contribution in [0, 0.1) is 11.7 Å². The van der Waals surface area contributed by atoms with E-state index in [1.165, 1.54) is 6.33 Å². The molecule has 1 N–H and O–H groups in total. The molecule has 1 aliphatic rings. The summed E-state index contributed by atoms with van der Waals surface area (Å²) < 4.78 is 14.1. The number of aromatic nitrogens is 2. The number of piperidine rings is 1. The van der Waals surface area contributed by atoms with Gasteiger partial charge in [-0.05, 0) is 25.2 Å². The maximum Gasteiger partial charge on any atom is 0.187 e. The van der Waals surface area contributed by atoms with Crippen molar-refractivity contribution in [3.63, 3.8) is 0 Å². The predicted molar refractivity (Wildman–Crippen MR) is 63.4 cm³/mol. The predicted octanol–water partition coefficient (Wildman–Crippen LogP) is 1.39. The van der Waals surface area contributed by atoms with Crippen LogP contribution < -0.4 is 4.90 Å². The molecular formula is C12H18FN3O. The van der Waals surface area contributed by atoms with Crippen molar-refractivity contribution in [2.24, 2.45) is 5.92 Å². The van der Waals surface area contributed by atoms with Gasteiger partial charge in [0.2, 0.25) is 0 Å². The molecule has 17 heavy (non-hydrogen) atoms. The Hall–Kier alpha value is -1.23. The second kappa shape index (κ2) is 5.40. The second-order valence-electron chi connectivity index (χ2n) is 4.45. The molecule has 1 fully saturated rings. The quantitative estimate of drug-likeness (QED) is 0.866. The van der Waals surface area contributed by atoms with E-state index in [4.69, 9.17) is 0 Å². The van der Waals surface area contributed by atoms with Crippen molar-refractivity contribution in [2.75, 3.05) is 24.6 Å². The van der Waals surface area contributed by atoms with Crippen LogP contribution in [0.1, 0.15) is 25.5 Å². The lowest BCUT2D eigenvalue weighted by atomic mass is 9.99. The van der Waals surface area contributed by atoms with Gasteiger partial charge in [-0.2, -0.15) is 0 Å². The van der Waals surface area contributed by atoms with Crippen molar-refractivity contribution in [3.05, 3.63) is 17.8 Å². The molecule has 0 spiro atoms. The largest absolute Gasteiger partial charge is 0.396 e. The van der Waals surface area contributed by atoms with E-state index >= 15 is 0 Å². The first-order valence-corrected chi connectivity index (χ1v) is 6.11. The smallest absolute Gasteiger partial charge is 0.187 e. The number of nitrogens with zero attached hydrogens (tertiary/aromatic N) is 3. The molecule has 0 aromatic carbocycles. The van der Waals surface area contributed by atoms with Gasteiger partial charge < -0.3 is 10.0 Å². The van der Waals surface area contributed by atoms with Gasteiger partial charge in [0, 0.05) is 19.7 Å².